The minimum Gasteiger partial charge on any atom is -0.459 e. The van der Waals surface area contributed by atoms with Gasteiger partial charge in [-0.25, -0.2) is 4.79 Å². The van der Waals surface area contributed by atoms with Crippen LogP contribution in [0.2, 0.25) is 0 Å². The molecule has 2 atom stereocenters. The highest BCUT2D eigenvalue weighted by atomic mass is 16.5. The summed E-state index contributed by atoms with van der Waals surface area (Å²) < 4.78 is 5.51. The molecule has 2 heterocycles. The molecule has 3 aromatic carbocycles. The number of nitrogens with zero attached hydrogens (tertiary/aromatic N) is 2. The number of carbonyl (C=O) groups is 4. The molecule has 0 aromatic heterocycles. The van der Waals surface area contributed by atoms with Crippen LogP contribution in [-0.2, 0) is 20.9 Å². The lowest BCUT2D eigenvalue weighted by Gasteiger charge is -2.48. The highest BCUT2D eigenvalue weighted by Crippen LogP contribution is 2.37. The number of likely N-dealkylation sites (tertiary alicyclic amines) is 1. The number of benzene rings is 3. The minimum absolute atomic E-state index is 0.00907. The van der Waals surface area contributed by atoms with Crippen LogP contribution in [-0.4, -0.2) is 45.6 Å². The molecule has 3 aromatic rings. The Morgan fingerprint density at radius 2 is 1.32 bits per heavy atom. The van der Waals surface area contributed by atoms with Gasteiger partial charge in [0.2, 0.25) is 0 Å². The summed E-state index contributed by atoms with van der Waals surface area (Å²) in [4.78, 5) is 54.7. The standard InChI is InChI=1S/C27H20N2O5/c1-17(19-12-6-3-7-13-19)28-23(27(33)34-16-18-10-4-2-5-11-18)22(26(28)32)29-24(30)20-14-8-9-15-21(20)25(29)31/h2-15,22-23H,1,16H2/t22-,23-/m0/s1. The number of esters is 1. The maximum atomic E-state index is 13.3. The highest BCUT2D eigenvalue weighted by Gasteiger charge is 2.60. The lowest BCUT2D eigenvalue weighted by Crippen LogP contribution is -2.73. The zero-order valence-electron chi connectivity index (χ0n) is 18.1. The van der Waals surface area contributed by atoms with Crippen LogP contribution in [0, 0.1) is 0 Å². The average Bonchev–Trinajstić information content (AvgIpc) is 3.12. The van der Waals surface area contributed by atoms with Crippen molar-refractivity contribution in [3.63, 3.8) is 0 Å². The summed E-state index contributed by atoms with van der Waals surface area (Å²) in [7, 11) is 0. The third-order valence-electron chi connectivity index (χ3n) is 6.03. The molecule has 0 saturated carbocycles. The zero-order chi connectivity index (χ0) is 23.8. The normalized spacial score (nSPS) is 19.0. The minimum atomic E-state index is -1.31. The van der Waals surface area contributed by atoms with Gasteiger partial charge in [0.1, 0.15) is 6.61 Å². The number of hydrogen-bond donors (Lipinski definition) is 0. The number of carbonyl (C=O) groups excluding carboxylic acids is 4. The van der Waals surface area contributed by atoms with E-state index in [0.717, 1.165) is 10.5 Å². The molecule has 0 aliphatic carbocycles. The van der Waals surface area contributed by atoms with Gasteiger partial charge in [-0.2, -0.15) is 0 Å². The van der Waals surface area contributed by atoms with E-state index in [1.165, 1.54) is 17.0 Å². The number of β-lactam (4-membered cyclic amide) rings is 1. The molecule has 168 valence electrons. The molecule has 0 bridgehead atoms. The quantitative estimate of drug-likeness (QED) is 0.326. The summed E-state index contributed by atoms with van der Waals surface area (Å²) >= 11 is 0. The molecule has 2 aliphatic heterocycles. The second-order valence-corrected chi connectivity index (χ2v) is 8.03. The van der Waals surface area contributed by atoms with Gasteiger partial charge in [-0.15, -0.1) is 0 Å². The first-order chi connectivity index (χ1) is 16.5. The Morgan fingerprint density at radius 3 is 1.91 bits per heavy atom. The molecule has 1 fully saturated rings. The summed E-state index contributed by atoms with van der Waals surface area (Å²) in [6.07, 6.45) is 0. The smallest absolute Gasteiger partial charge is 0.332 e. The first-order valence-electron chi connectivity index (χ1n) is 10.7. The van der Waals surface area contributed by atoms with Crippen molar-refractivity contribution in [2.75, 3.05) is 0 Å². The van der Waals surface area contributed by atoms with Crippen LogP contribution in [0.5, 0.6) is 0 Å². The SMILES string of the molecule is C=C(c1ccccc1)N1C(=O)[C@@H](N2C(=O)c3ccccc3C2=O)[C@H]1C(=O)OCc1ccccc1. The first kappa shape index (κ1) is 21.3. The van der Waals surface area contributed by atoms with E-state index in [1.807, 2.05) is 36.4 Å². The van der Waals surface area contributed by atoms with E-state index in [4.69, 9.17) is 4.74 Å². The summed E-state index contributed by atoms with van der Waals surface area (Å²) in [5, 5.41) is 0. The Kier molecular flexibility index (Phi) is 5.30. The fraction of sp³-hybridized carbons (Fsp3) is 0.111. The highest BCUT2D eigenvalue weighted by molar-refractivity contribution is 6.24. The maximum Gasteiger partial charge on any atom is 0.332 e. The monoisotopic (exact) mass is 452 g/mol. The van der Waals surface area contributed by atoms with E-state index in [2.05, 4.69) is 6.58 Å². The van der Waals surface area contributed by atoms with Gasteiger partial charge in [0.25, 0.3) is 17.7 Å². The Morgan fingerprint density at radius 1 is 0.794 bits per heavy atom. The van der Waals surface area contributed by atoms with Gasteiger partial charge in [0.05, 0.1) is 11.1 Å². The molecule has 0 radical (unpaired) electrons. The fourth-order valence-corrected chi connectivity index (χ4v) is 4.30. The van der Waals surface area contributed by atoms with Crippen LogP contribution in [0.15, 0.2) is 91.5 Å². The van der Waals surface area contributed by atoms with Crippen LogP contribution in [0.4, 0.5) is 0 Å². The molecular weight excluding hydrogens is 432 g/mol. The van der Waals surface area contributed by atoms with Crippen LogP contribution < -0.4 is 0 Å². The van der Waals surface area contributed by atoms with Crippen molar-refractivity contribution in [3.05, 3.63) is 114 Å². The van der Waals surface area contributed by atoms with E-state index in [0.29, 0.717) is 11.3 Å². The van der Waals surface area contributed by atoms with Gasteiger partial charge >= 0.3 is 5.97 Å². The van der Waals surface area contributed by atoms with E-state index >= 15 is 0 Å². The number of fused-ring (bicyclic) bond motifs is 1. The second kappa shape index (κ2) is 8.44. The summed E-state index contributed by atoms with van der Waals surface area (Å²) in [5.74, 6) is -2.50. The molecule has 7 nitrogen and oxygen atoms in total. The molecular formula is C27H20N2O5. The molecule has 0 unspecified atom stereocenters. The fourth-order valence-electron chi connectivity index (χ4n) is 4.30. The lowest BCUT2D eigenvalue weighted by molar-refractivity contribution is -0.169. The largest absolute Gasteiger partial charge is 0.459 e. The molecule has 3 amide bonds. The van der Waals surface area contributed by atoms with Gasteiger partial charge < -0.3 is 4.74 Å². The number of imide groups is 1. The van der Waals surface area contributed by atoms with Crippen LogP contribution >= 0.6 is 0 Å². The van der Waals surface area contributed by atoms with Crippen molar-refractivity contribution >= 4 is 29.4 Å². The third kappa shape index (κ3) is 3.38. The van der Waals surface area contributed by atoms with Gasteiger partial charge in [-0.3, -0.25) is 24.2 Å². The summed E-state index contributed by atoms with van der Waals surface area (Å²) in [5.41, 5.74) is 2.11. The summed E-state index contributed by atoms with van der Waals surface area (Å²) in [6, 6.07) is 21.9. The average molecular weight is 452 g/mol. The van der Waals surface area contributed by atoms with E-state index in [1.54, 1.807) is 36.4 Å². The van der Waals surface area contributed by atoms with Gasteiger partial charge in [0.15, 0.2) is 12.1 Å². The van der Waals surface area contributed by atoms with Gasteiger partial charge in [-0.05, 0) is 23.3 Å². The Labute approximate surface area is 195 Å². The third-order valence-corrected chi connectivity index (χ3v) is 6.03. The Balaban J connectivity index is 1.46. The first-order valence-corrected chi connectivity index (χ1v) is 10.7. The van der Waals surface area contributed by atoms with Crippen LogP contribution in [0.25, 0.3) is 5.70 Å². The number of hydrogen-bond acceptors (Lipinski definition) is 5. The summed E-state index contributed by atoms with van der Waals surface area (Å²) in [6.45, 7) is 3.99. The van der Waals surface area contributed by atoms with E-state index in [-0.39, 0.29) is 17.7 Å². The van der Waals surface area contributed by atoms with Crippen molar-refractivity contribution in [3.8, 4) is 0 Å². The lowest BCUT2D eigenvalue weighted by atomic mass is 9.91. The van der Waals surface area contributed by atoms with Gasteiger partial charge in [0, 0.05) is 5.70 Å². The zero-order valence-corrected chi connectivity index (χ0v) is 18.1. The van der Waals surface area contributed by atoms with Gasteiger partial charge in [-0.1, -0.05) is 79.4 Å². The van der Waals surface area contributed by atoms with Crippen molar-refractivity contribution in [2.24, 2.45) is 0 Å². The molecule has 34 heavy (non-hydrogen) atoms. The van der Waals surface area contributed by atoms with Crippen LogP contribution in [0.1, 0.15) is 31.8 Å². The van der Waals surface area contributed by atoms with E-state index in [9.17, 15) is 19.2 Å². The molecule has 7 heteroatoms. The van der Waals surface area contributed by atoms with E-state index < -0.39 is 35.8 Å². The van der Waals surface area contributed by atoms with Crippen molar-refractivity contribution < 1.29 is 23.9 Å². The van der Waals surface area contributed by atoms with Crippen LogP contribution in [0.3, 0.4) is 0 Å². The van der Waals surface area contributed by atoms with Crippen molar-refractivity contribution in [1.82, 2.24) is 9.80 Å². The second-order valence-electron chi connectivity index (χ2n) is 8.03. The molecule has 0 spiro atoms. The molecule has 5 rings (SSSR count). The number of rotatable bonds is 6. The predicted molar refractivity (Wildman–Crippen MR) is 123 cm³/mol. The number of ether oxygens (including phenoxy) is 1. The Hall–Kier alpha value is -4.52. The molecule has 0 N–H and O–H groups in total. The molecule has 2 aliphatic rings. The number of amides is 3. The maximum absolute atomic E-state index is 13.3. The Bertz CT molecular complexity index is 1280. The molecule has 1 saturated heterocycles. The van der Waals surface area contributed by atoms with Crippen molar-refractivity contribution in [1.29, 1.82) is 0 Å². The predicted octanol–water partition coefficient (Wildman–Crippen LogP) is 3.28. The van der Waals surface area contributed by atoms with Crippen molar-refractivity contribution in [2.45, 2.75) is 18.7 Å². The topological polar surface area (TPSA) is 84.0 Å².